The van der Waals surface area contributed by atoms with Crippen molar-refractivity contribution in [2.75, 3.05) is 27.3 Å². The molecule has 100 valence electrons. The van der Waals surface area contributed by atoms with Gasteiger partial charge in [0.2, 0.25) is 0 Å². The molecule has 18 heavy (non-hydrogen) atoms. The fourth-order valence-corrected chi connectivity index (χ4v) is 2.67. The number of ether oxygens (including phenoxy) is 2. The molecule has 1 aliphatic heterocycles. The number of methoxy groups -OCH3 is 2. The van der Waals surface area contributed by atoms with E-state index in [1.807, 2.05) is 6.07 Å². The third-order valence-electron chi connectivity index (χ3n) is 3.60. The van der Waals surface area contributed by atoms with E-state index in [4.69, 9.17) is 9.47 Å². The molecular weight excluding hydrogens is 226 g/mol. The van der Waals surface area contributed by atoms with E-state index in [-0.39, 0.29) is 0 Å². The third-order valence-corrected chi connectivity index (χ3v) is 3.60. The highest BCUT2D eigenvalue weighted by Gasteiger charge is 2.16. The highest BCUT2D eigenvalue weighted by atomic mass is 16.5. The van der Waals surface area contributed by atoms with Crippen LogP contribution in [-0.2, 0) is 6.54 Å². The Morgan fingerprint density at radius 1 is 1.22 bits per heavy atom. The Morgan fingerprint density at radius 3 is 2.67 bits per heavy atom. The van der Waals surface area contributed by atoms with Gasteiger partial charge >= 0.3 is 0 Å². The first-order valence-corrected chi connectivity index (χ1v) is 6.66. The predicted octanol–water partition coefficient (Wildman–Crippen LogP) is 2.94. The van der Waals surface area contributed by atoms with Crippen molar-refractivity contribution in [3.63, 3.8) is 0 Å². The van der Waals surface area contributed by atoms with Crippen molar-refractivity contribution in [1.82, 2.24) is 4.90 Å². The van der Waals surface area contributed by atoms with Gasteiger partial charge in [0.15, 0.2) is 11.5 Å². The normalized spacial score (nSPS) is 20.7. The number of likely N-dealkylation sites (tertiary alicyclic amines) is 1. The first-order chi connectivity index (χ1) is 8.72. The van der Waals surface area contributed by atoms with Crippen LogP contribution >= 0.6 is 0 Å². The van der Waals surface area contributed by atoms with E-state index in [1.54, 1.807) is 14.2 Å². The Morgan fingerprint density at radius 2 is 2.00 bits per heavy atom. The van der Waals surface area contributed by atoms with E-state index >= 15 is 0 Å². The maximum absolute atomic E-state index is 5.34. The van der Waals surface area contributed by atoms with E-state index in [9.17, 15) is 0 Å². The molecule has 0 spiro atoms. The van der Waals surface area contributed by atoms with Crippen molar-refractivity contribution >= 4 is 0 Å². The SMILES string of the molecule is COc1ccc(CN2CCC[C@H](C)C2)cc1OC. The number of hydrogen-bond acceptors (Lipinski definition) is 3. The summed E-state index contributed by atoms with van der Waals surface area (Å²) >= 11 is 0. The Kier molecular flexibility index (Phi) is 4.48. The molecule has 0 amide bonds. The zero-order chi connectivity index (χ0) is 13.0. The van der Waals surface area contributed by atoms with Crippen molar-refractivity contribution in [3.05, 3.63) is 23.8 Å². The van der Waals surface area contributed by atoms with Crippen molar-refractivity contribution in [3.8, 4) is 11.5 Å². The number of hydrogen-bond donors (Lipinski definition) is 0. The van der Waals surface area contributed by atoms with E-state index in [1.165, 1.54) is 31.5 Å². The quantitative estimate of drug-likeness (QED) is 0.819. The predicted molar refractivity (Wildman–Crippen MR) is 73.2 cm³/mol. The average Bonchev–Trinajstić information content (AvgIpc) is 2.38. The Bertz CT molecular complexity index is 392. The van der Waals surface area contributed by atoms with Gasteiger partial charge in [-0.1, -0.05) is 13.0 Å². The topological polar surface area (TPSA) is 21.7 Å². The minimum atomic E-state index is 0.799. The second kappa shape index (κ2) is 6.10. The van der Waals surface area contributed by atoms with Crippen LogP contribution in [0.2, 0.25) is 0 Å². The van der Waals surface area contributed by atoms with E-state index in [0.29, 0.717) is 0 Å². The highest BCUT2D eigenvalue weighted by Crippen LogP contribution is 2.28. The average molecular weight is 249 g/mol. The molecular formula is C15H23NO2. The Balaban J connectivity index is 2.04. The summed E-state index contributed by atoms with van der Waals surface area (Å²) in [5.41, 5.74) is 1.29. The summed E-state index contributed by atoms with van der Waals surface area (Å²) in [6.07, 6.45) is 2.68. The molecule has 2 rings (SSSR count). The fraction of sp³-hybridized carbons (Fsp3) is 0.600. The molecule has 0 saturated carbocycles. The third kappa shape index (κ3) is 3.16. The zero-order valence-corrected chi connectivity index (χ0v) is 11.6. The molecule has 1 aromatic carbocycles. The minimum absolute atomic E-state index is 0.799. The Hall–Kier alpha value is -1.22. The second-order valence-electron chi connectivity index (χ2n) is 5.17. The van der Waals surface area contributed by atoms with Crippen LogP contribution in [0.3, 0.4) is 0 Å². The largest absolute Gasteiger partial charge is 0.493 e. The fourth-order valence-electron chi connectivity index (χ4n) is 2.67. The standard InChI is InChI=1S/C15H23NO2/c1-12-5-4-8-16(10-12)11-13-6-7-14(17-2)15(9-13)18-3/h6-7,9,12H,4-5,8,10-11H2,1-3H3/t12-/m0/s1. The molecule has 3 heteroatoms. The lowest BCUT2D eigenvalue weighted by atomic mass is 10.00. The van der Waals surface area contributed by atoms with Crippen LogP contribution in [0.1, 0.15) is 25.3 Å². The lowest BCUT2D eigenvalue weighted by molar-refractivity contribution is 0.176. The smallest absolute Gasteiger partial charge is 0.161 e. The molecule has 1 fully saturated rings. The number of rotatable bonds is 4. The minimum Gasteiger partial charge on any atom is -0.493 e. The van der Waals surface area contributed by atoms with E-state index in [0.717, 1.165) is 24.0 Å². The summed E-state index contributed by atoms with van der Waals surface area (Å²) < 4.78 is 10.6. The summed E-state index contributed by atoms with van der Waals surface area (Å²) in [5, 5.41) is 0. The molecule has 0 bridgehead atoms. The molecule has 1 aliphatic rings. The summed E-state index contributed by atoms with van der Waals surface area (Å²) in [6, 6.07) is 6.19. The number of nitrogens with zero attached hydrogens (tertiary/aromatic N) is 1. The van der Waals surface area contributed by atoms with Crippen LogP contribution in [0.5, 0.6) is 11.5 Å². The Labute approximate surface area is 110 Å². The molecule has 1 heterocycles. The van der Waals surface area contributed by atoms with Crippen molar-refractivity contribution in [2.45, 2.75) is 26.3 Å². The van der Waals surface area contributed by atoms with Crippen LogP contribution in [0.15, 0.2) is 18.2 Å². The van der Waals surface area contributed by atoms with Gasteiger partial charge in [-0.25, -0.2) is 0 Å². The van der Waals surface area contributed by atoms with Gasteiger partial charge < -0.3 is 9.47 Å². The molecule has 1 atom stereocenters. The second-order valence-corrected chi connectivity index (χ2v) is 5.17. The van der Waals surface area contributed by atoms with Gasteiger partial charge in [-0.3, -0.25) is 4.90 Å². The molecule has 1 aromatic rings. The summed E-state index contributed by atoms with van der Waals surface area (Å²) in [7, 11) is 3.36. The van der Waals surface area contributed by atoms with E-state index < -0.39 is 0 Å². The molecule has 1 saturated heterocycles. The molecule has 0 radical (unpaired) electrons. The summed E-state index contributed by atoms with van der Waals surface area (Å²) in [4.78, 5) is 2.52. The zero-order valence-electron chi connectivity index (χ0n) is 11.6. The maximum atomic E-state index is 5.34. The number of benzene rings is 1. The monoisotopic (exact) mass is 249 g/mol. The maximum Gasteiger partial charge on any atom is 0.161 e. The van der Waals surface area contributed by atoms with Crippen molar-refractivity contribution < 1.29 is 9.47 Å². The lowest BCUT2D eigenvalue weighted by Gasteiger charge is -2.30. The molecule has 0 N–H and O–H groups in total. The van der Waals surface area contributed by atoms with Crippen LogP contribution in [0.4, 0.5) is 0 Å². The van der Waals surface area contributed by atoms with E-state index in [2.05, 4.69) is 24.0 Å². The van der Waals surface area contributed by atoms with Gasteiger partial charge in [0.05, 0.1) is 14.2 Å². The van der Waals surface area contributed by atoms with Gasteiger partial charge in [-0.15, -0.1) is 0 Å². The number of piperidine rings is 1. The highest BCUT2D eigenvalue weighted by molar-refractivity contribution is 5.42. The van der Waals surface area contributed by atoms with Gasteiger partial charge in [0.25, 0.3) is 0 Å². The molecule has 0 aliphatic carbocycles. The van der Waals surface area contributed by atoms with Crippen LogP contribution in [-0.4, -0.2) is 32.2 Å². The van der Waals surface area contributed by atoms with Gasteiger partial charge in [-0.05, 0) is 43.0 Å². The summed E-state index contributed by atoms with van der Waals surface area (Å²) in [5.74, 6) is 2.44. The van der Waals surface area contributed by atoms with Crippen LogP contribution in [0, 0.1) is 5.92 Å². The van der Waals surface area contributed by atoms with Crippen LogP contribution in [0.25, 0.3) is 0 Å². The van der Waals surface area contributed by atoms with Crippen molar-refractivity contribution in [2.24, 2.45) is 5.92 Å². The first-order valence-electron chi connectivity index (χ1n) is 6.66. The first kappa shape index (κ1) is 13.2. The van der Waals surface area contributed by atoms with Crippen molar-refractivity contribution in [1.29, 1.82) is 0 Å². The molecule has 0 aromatic heterocycles. The van der Waals surface area contributed by atoms with Gasteiger partial charge in [0, 0.05) is 13.1 Å². The molecule has 3 nitrogen and oxygen atoms in total. The van der Waals surface area contributed by atoms with Crippen LogP contribution < -0.4 is 9.47 Å². The van der Waals surface area contributed by atoms with Gasteiger partial charge in [0.1, 0.15) is 0 Å². The molecule has 0 unspecified atom stereocenters. The summed E-state index contributed by atoms with van der Waals surface area (Å²) in [6.45, 7) is 5.75. The lowest BCUT2D eigenvalue weighted by Crippen LogP contribution is -2.33. The van der Waals surface area contributed by atoms with Gasteiger partial charge in [-0.2, -0.15) is 0 Å².